The molecule has 0 radical (unpaired) electrons. The number of likely N-dealkylation sites (N-methyl/N-ethyl adjacent to an activating group) is 1. The molecular formula is C14H25N3O2S2. The summed E-state index contributed by atoms with van der Waals surface area (Å²) in [4.78, 5) is 4.64. The van der Waals surface area contributed by atoms with Crippen LogP contribution in [0.15, 0.2) is 11.0 Å². The molecule has 0 saturated carbocycles. The van der Waals surface area contributed by atoms with Crippen molar-refractivity contribution in [2.75, 3.05) is 26.7 Å². The monoisotopic (exact) mass is 331 g/mol. The molecule has 0 bridgehead atoms. The summed E-state index contributed by atoms with van der Waals surface area (Å²) >= 11 is 1.54. The summed E-state index contributed by atoms with van der Waals surface area (Å²) in [6.45, 7) is 7.54. The Morgan fingerprint density at radius 3 is 2.90 bits per heavy atom. The lowest BCUT2D eigenvalue weighted by Gasteiger charge is -2.32. The maximum atomic E-state index is 12.6. The zero-order valence-corrected chi connectivity index (χ0v) is 14.6. The Kier molecular flexibility index (Phi) is 5.79. The van der Waals surface area contributed by atoms with E-state index in [1.165, 1.54) is 0 Å². The Bertz CT molecular complexity index is 569. The van der Waals surface area contributed by atoms with E-state index in [1.54, 1.807) is 17.4 Å². The third-order valence-corrected chi connectivity index (χ3v) is 6.66. The van der Waals surface area contributed by atoms with Crippen molar-refractivity contribution < 1.29 is 8.42 Å². The SMILES string of the molecule is CCN1CCCC(NS(=O)(=O)c2cc(CNC)sc2C)C1. The van der Waals surface area contributed by atoms with Crippen LogP contribution in [0.1, 0.15) is 29.5 Å². The zero-order valence-electron chi connectivity index (χ0n) is 13.0. The number of likely N-dealkylation sites (tertiary alicyclic amines) is 1. The molecule has 0 aromatic carbocycles. The molecule has 0 aliphatic carbocycles. The number of nitrogens with one attached hydrogen (secondary N) is 2. The molecule has 1 unspecified atom stereocenters. The van der Waals surface area contributed by atoms with Crippen LogP contribution in [0.2, 0.25) is 0 Å². The lowest BCUT2D eigenvalue weighted by atomic mass is 10.1. The van der Waals surface area contributed by atoms with Crippen LogP contribution < -0.4 is 10.0 Å². The molecule has 0 spiro atoms. The van der Waals surface area contributed by atoms with E-state index < -0.39 is 10.0 Å². The molecule has 5 nitrogen and oxygen atoms in total. The second-order valence-electron chi connectivity index (χ2n) is 5.52. The highest BCUT2D eigenvalue weighted by Crippen LogP contribution is 2.26. The number of nitrogens with zero attached hydrogens (tertiary/aromatic N) is 1. The van der Waals surface area contributed by atoms with E-state index in [4.69, 9.17) is 0 Å². The van der Waals surface area contributed by atoms with Gasteiger partial charge in [0.15, 0.2) is 0 Å². The van der Waals surface area contributed by atoms with E-state index in [0.29, 0.717) is 11.4 Å². The lowest BCUT2D eigenvalue weighted by molar-refractivity contribution is 0.211. The van der Waals surface area contributed by atoms with Crippen molar-refractivity contribution in [1.82, 2.24) is 14.9 Å². The number of piperidine rings is 1. The fourth-order valence-electron chi connectivity index (χ4n) is 2.77. The van der Waals surface area contributed by atoms with Gasteiger partial charge in [-0.3, -0.25) is 0 Å². The predicted octanol–water partition coefficient (Wildman–Crippen LogP) is 1.54. The van der Waals surface area contributed by atoms with E-state index in [0.717, 1.165) is 42.2 Å². The summed E-state index contributed by atoms with van der Waals surface area (Å²) in [5, 5.41) is 3.06. The van der Waals surface area contributed by atoms with Crippen LogP contribution >= 0.6 is 11.3 Å². The standard InChI is InChI=1S/C14H25N3O2S2/c1-4-17-7-5-6-12(10-17)16-21(18,19)14-8-13(9-15-3)20-11(14)2/h8,12,15-16H,4-7,9-10H2,1-3H3. The predicted molar refractivity (Wildman–Crippen MR) is 87.3 cm³/mol. The number of rotatable bonds is 6. The zero-order chi connectivity index (χ0) is 15.5. The van der Waals surface area contributed by atoms with Crippen molar-refractivity contribution in [3.05, 3.63) is 15.8 Å². The van der Waals surface area contributed by atoms with Crippen LogP contribution in [-0.4, -0.2) is 46.0 Å². The number of sulfonamides is 1. The van der Waals surface area contributed by atoms with Crippen molar-refractivity contribution in [2.24, 2.45) is 0 Å². The first kappa shape index (κ1) is 16.9. The van der Waals surface area contributed by atoms with Gasteiger partial charge in [-0.05, 0) is 46.0 Å². The summed E-state index contributed by atoms with van der Waals surface area (Å²) in [6, 6.07) is 1.81. The fourth-order valence-corrected chi connectivity index (χ4v) is 5.68. The Labute approximate surface area is 131 Å². The van der Waals surface area contributed by atoms with Gasteiger partial charge in [0.2, 0.25) is 10.0 Å². The molecule has 1 atom stereocenters. The van der Waals surface area contributed by atoms with Crippen molar-refractivity contribution in [3.63, 3.8) is 0 Å². The molecule has 7 heteroatoms. The number of hydrogen-bond donors (Lipinski definition) is 2. The number of aryl methyl sites for hydroxylation is 1. The quantitative estimate of drug-likeness (QED) is 0.830. The highest BCUT2D eigenvalue weighted by molar-refractivity contribution is 7.89. The maximum absolute atomic E-state index is 12.6. The second-order valence-corrected chi connectivity index (χ2v) is 8.54. The topological polar surface area (TPSA) is 61.4 Å². The van der Waals surface area contributed by atoms with Gasteiger partial charge in [0.25, 0.3) is 0 Å². The summed E-state index contributed by atoms with van der Waals surface area (Å²) in [5.74, 6) is 0. The van der Waals surface area contributed by atoms with Gasteiger partial charge in [0.1, 0.15) is 0 Å². The van der Waals surface area contributed by atoms with Gasteiger partial charge in [-0.25, -0.2) is 13.1 Å². The first-order valence-corrected chi connectivity index (χ1v) is 9.74. The van der Waals surface area contributed by atoms with Crippen LogP contribution in [-0.2, 0) is 16.6 Å². The molecular weight excluding hydrogens is 306 g/mol. The summed E-state index contributed by atoms with van der Waals surface area (Å²) in [6.07, 6.45) is 1.97. The molecule has 0 amide bonds. The molecule has 2 rings (SSSR count). The third kappa shape index (κ3) is 4.26. The number of hydrogen-bond acceptors (Lipinski definition) is 5. The molecule has 1 aromatic rings. The molecule has 1 aliphatic heterocycles. The van der Waals surface area contributed by atoms with Crippen LogP contribution in [0.3, 0.4) is 0 Å². The summed E-state index contributed by atoms with van der Waals surface area (Å²) in [7, 11) is -1.55. The summed E-state index contributed by atoms with van der Waals surface area (Å²) < 4.78 is 28.1. The molecule has 120 valence electrons. The second kappa shape index (κ2) is 7.19. The molecule has 1 saturated heterocycles. The first-order valence-electron chi connectivity index (χ1n) is 7.45. The Morgan fingerprint density at radius 1 is 1.48 bits per heavy atom. The fraction of sp³-hybridized carbons (Fsp3) is 0.714. The van der Waals surface area contributed by atoms with Gasteiger partial charge in [0, 0.05) is 28.9 Å². The van der Waals surface area contributed by atoms with Gasteiger partial charge in [-0.2, -0.15) is 0 Å². The van der Waals surface area contributed by atoms with Gasteiger partial charge < -0.3 is 10.2 Å². The molecule has 1 aromatic heterocycles. The van der Waals surface area contributed by atoms with E-state index in [-0.39, 0.29) is 6.04 Å². The maximum Gasteiger partial charge on any atom is 0.241 e. The lowest BCUT2D eigenvalue weighted by Crippen LogP contribution is -2.47. The molecule has 21 heavy (non-hydrogen) atoms. The average Bonchev–Trinajstić information content (AvgIpc) is 2.81. The molecule has 2 N–H and O–H groups in total. The van der Waals surface area contributed by atoms with E-state index in [1.807, 2.05) is 14.0 Å². The highest BCUT2D eigenvalue weighted by Gasteiger charge is 2.26. The van der Waals surface area contributed by atoms with Crippen LogP contribution in [0.5, 0.6) is 0 Å². The normalized spacial score (nSPS) is 20.8. The Hall–Kier alpha value is -0.470. The average molecular weight is 332 g/mol. The van der Waals surface area contributed by atoms with Gasteiger partial charge >= 0.3 is 0 Å². The molecule has 1 aliphatic rings. The van der Waals surface area contributed by atoms with E-state index >= 15 is 0 Å². The van der Waals surface area contributed by atoms with Crippen molar-refractivity contribution in [3.8, 4) is 0 Å². The Balaban J connectivity index is 2.11. The number of thiophene rings is 1. The largest absolute Gasteiger partial charge is 0.315 e. The van der Waals surface area contributed by atoms with Crippen LogP contribution in [0, 0.1) is 6.92 Å². The van der Waals surface area contributed by atoms with Gasteiger partial charge in [-0.1, -0.05) is 6.92 Å². The van der Waals surface area contributed by atoms with Crippen LogP contribution in [0.4, 0.5) is 0 Å². The van der Waals surface area contributed by atoms with Gasteiger partial charge in [0.05, 0.1) is 4.90 Å². The minimum atomic E-state index is -3.41. The smallest absolute Gasteiger partial charge is 0.241 e. The summed E-state index contributed by atoms with van der Waals surface area (Å²) in [5.41, 5.74) is 0. The molecule has 1 fully saturated rings. The van der Waals surface area contributed by atoms with Crippen molar-refractivity contribution in [2.45, 2.75) is 44.2 Å². The van der Waals surface area contributed by atoms with Crippen molar-refractivity contribution in [1.29, 1.82) is 0 Å². The van der Waals surface area contributed by atoms with E-state index in [2.05, 4.69) is 21.9 Å². The van der Waals surface area contributed by atoms with Crippen molar-refractivity contribution >= 4 is 21.4 Å². The first-order chi connectivity index (χ1) is 9.96. The minimum Gasteiger partial charge on any atom is -0.315 e. The molecule has 2 heterocycles. The Morgan fingerprint density at radius 2 is 2.24 bits per heavy atom. The van der Waals surface area contributed by atoms with Gasteiger partial charge in [-0.15, -0.1) is 11.3 Å². The highest BCUT2D eigenvalue weighted by atomic mass is 32.2. The van der Waals surface area contributed by atoms with Crippen LogP contribution in [0.25, 0.3) is 0 Å². The minimum absolute atomic E-state index is 0.0238. The third-order valence-electron chi connectivity index (χ3n) is 3.84. The van der Waals surface area contributed by atoms with E-state index in [9.17, 15) is 8.42 Å².